The van der Waals surface area contributed by atoms with Crippen molar-refractivity contribution < 1.29 is 4.79 Å². The maximum atomic E-state index is 12.8. The number of hydrogen-bond acceptors (Lipinski definition) is 2. The Morgan fingerprint density at radius 1 is 0.793 bits per heavy atom. The molecule has 150 valence electrons. The van der Waals surface area contributed by atoms with Crippen molar-refractivity contribution in [1.29, 1.82) is 0 Å². The molecular formula is C26H30N2O. The predicted molar refractivity (Wildman–Crippen MR) is 120 cm³/mol. The van der Waals surface area contributed by atoms with E-state index in [-0.39, 0.29) is 5.91 Å². The molecule has 0 atom stereocenters. The van der Waals surface area contributed by atoms with Crippen LogP contribution in [0.25, 0.3) is 0 Å². The van der Waals surface area contributed by atoms with Gasteiger partial charge in [-0.15, -0.1) is 0 Å². The minimum Gasteiger partial charge on any atom is -0.369 e. The number of aryl methyl sites for hydroxylation is 1. The monoisotopic (exact) mass is 386 g/mol. The Morgan fingerprint density at radius 3 is 1.76 bits per heavy atom. The van der Waals surface area contributed by atoms with Crippen LogP contribution in [0.1, 0.15) is 29.5 Å². The van der Waals surface area contributed by atoms with Gasteiger partial charge in [0.25, 0.3) is 0 Å². The fourth-order valence-corrected chi connectivity index (χ4v) is 3.98. The van der Waals surface area contributed by atoms with Gasteiger partial charge in [0.2, 0.25) is 5.91 Å². The molecule has 0 aliphatic carbocycles. The van der Waals surface area contributed by atoms with Crippen LogP contribution < -0.4 is 5.73 Å². The number of carbonyl (C=O) groups excluding carboxylic acids is 1. The van der Waals surface area contributed by atoms with E-state index >= 15 is 0 Å². The van der Waals surface area contributed by atoms with Crippen molar-refractivity contribution in [3.63, 3.8) is 0 Å². The SMILES string of the molecule is CN(CCCc1ccccc1)CCC(C(N)=O)(c1ccccc1)c1ccccc1. The molecule has 3 rings (SSSR count). The molecule has 3 heteroatoms. The Kier molecular flexibility index (Phi) is 7.20. The smallest absolute Gasteiger partial charge is 0.232 e. The zero-order chi connectivity index (χ0) is 20.5. The highest BCUT2D eigenvalue weighted by Crippen LogP contribution is 2.35. The van der Waals surface area contributed by atoms with Gasteiger partial charge in [-0.3, -0.25) is 4.79 Å². The van der Waals surface area contributed by atoms with Crippen LogP contribution in [0.3, 0.4) is 0 Å². The van der Waals surface area contributed by atoms with E-state index in [9.17, 15) is 4.79 Å². The quantitative estimate of drug-likeness (QED) is 0.561. The molecule has 3 nitrogen and oxygen atoms in total. The van der Waals surface area contributed by atoms with Gasteiger partial charge in [0, 0.05) is 0 Å². The third kappa shape index (κ3) is 5.12. The molecule has 0 aromatic heterocycles. The lowest BCUT2D eigenvalue weighted by Crippen LogP contribution is -2.44. The number of nitrogens with zero attached hydrogens (tertiary/aromatic N) is 1. The highest BCUT2D eigenvalue weighted by Gasteiger charge is 2.40. The van der Waals surface area contributed by atoms with E-state index in [1.807, 2.05) is 66.7 Å². The van der Waals surface area contributed by atoms with E-state index in [2.05, 4.69) is 36.2 Å². The number of rotatable bonds is 10. The van der Waals surface area contributed by atoms with Gasteiger partial charge >= 0.3 is 0 Å². The molecule has 29 heavy (non-hydrogen) atoms. The first kappa shape index (κ1) is 20.8. The molecule has 1 amide bonds. The van der Waals surface area contributed by atoms with Crippen LogP contribution in [-0.4, -0.2) is 30.9 Å². The average Bonchev–Trinajstić information content (AvgIpc) is 2.76. The Bertz CT molecular complexity index is 839. The molecule has 0 aliphatic rings. The Hall–Kier alpha value is -2.91. The summed E-state index contributed by atoms with van der Waals surface area (Å²) in [6.45, 7) is 1.77. The summed E-state index contributed by atoms with van der Waals surface area (Å²) < 4.78 is 0. The molecule has 0 unspecified atom stereocenters. The Balaban J connectivity index is 1.73. The number of benzene rings is 3. The van der Waals surface area contributed by atoms with E-state index in [4.69, 9.17) is 5.73 Å². The largest absolute Gasteiger partial charge is 0.369 e. The van der Waals surface area contributed by atoms with Crippen LogP contribution in [-0.2, 0) is 16.6 Å². The molecule has 0 radical (unpaired) electrons. The third-order valence-corrected chi connectivity index (χ3v) is 5.67. The standard InChI is InChI=1S/C26H30N2O/c1-28(20-11-14-22-12-5-2-6-13-22)21-19-26(25(27)29,23-15-7-3-8-16-23)24-17-9-4-10-18-24/h2-10,12-13,15-18H,11,14,19-21H2,1H3,(H2,27,29). The van der Waals surface area contributed by atoms with Crippen molar-refractivity contribution in [3.05, 3.63) is 108 Å². The summed E-state index contributed by atoms with van der Waals surface area (Å²) in [5.41, 5.74) is 8.49. The van der Waals surface area contributed by atoms with E-state index in [0.717, 1.165) is 37.1 Å². The van der Waals surface area contributed by atoms with Crippen molar-refractivity contribution in [3.8, 4) is 0 Å². The predicted octanol–water partition coefficient (Wildman–Crippen LogP) is 4.41. The second kappa shape index (κ2) is 10.0. The van der Waals surface area contributed by atoms with Gasteiger partial charge in [0.05, 0.1) is 5.41 Å². The first-order valence-corrected chi connectivity index (χ1v) is 10.3. The summed E-state index contributed by atoms with van der Waals surface area (Å²) in [4.78, 5) is 15.1. The maximum Gasteiger partial charge on any atom is 0.232 e. The molecule has 3 aromatic carbocycles. The Morgan fingerprint density at radius 2 is 1.28 bits per heavy atom. The molecule has 0 aliphatic heterocycles. The average molecular weight is 387 g/mol. The van der Waals surface area contributed by atoms with Crippen molar-refractivity contribution in [2.75, 3.05) is 20.1 Å². The van der Waals surface area contributed by atoms with Gasteiger partial charge in [0.15, 0.2) is 0 Å². The van der Waals surface area contributed by atoms with Gasteiger partial charge in [-0.05, 0) is 56.1 Å². The molecule has 0 heterocycles. The first-order valence-electron chi connectivity index (χ1n) is 10.3. The summed E-state index contributed by atoms with van der Waals surface area (Å²) in [5, 5.41) is 0. The highest BCUT2D eigenvalue weighted by molar-refractivity contribution is 5.90. The minimum absolute atomic E-state index is 0.299. The van der Waals surface area contributed by atoms with Crippen LogP contribution in [0.5, 0.6) is 0 Å². The first-order chi connectivity index (χ1) is 14.1. The van der Waals surface area contributed by atoms with Gasteiger partial charge in [-0.2, -0.15) is 0 Å². The number of carbonyl (C=O) groups is 1. The lowest BCUT2D eigenvalue weighted by atomic mass is 9.71. The Labute approximate surface area is 174 Å². The molecule has 0 bridgehead atoms. The molecule has 2 N–H and O–H groups in total. The molecule has 0 spiro atoms. The van der Waals surface area contributed by atoms with E-state index in [1.165, 1.54) is 5.56 Å². The van der Waals surface area contributed by atoms with E-state index < -0.39 is 5.41 Å². The second-order valence-electron chi connectivity index (χ2n) is 7.64. The van der Waals surface area contributed by atoms with E-state index in [1.54, 1.807) is 0 Å². The van der Waals surface area contributed by atoms with Crippen LogP contribution in [0, 0.1) is 0 Å². The summed E-state index contributed by atoms with van der Waals surface area (Å²) in [6.07, 6.45) is 2.79. The fourth-order valence-electron chi connectivity index (χ4n) is 3.98. The van der Waals surface area contributed by atoms with Crippen molar-refractivity contribution >= 4 is 5.91 Å². The summed E-state index contributed by atoms with van der Waals surface area (Å²) in [6, 6.07) is 30.4. The number of nitrogens with two attached hydrogens (primary N) is 1. The van der Waals surface area contributed by atoms with Crippen LogP contribution >= 0.6 is 0 Å². The minimum atomic E-state index is -0.823. The van der Waals surface area contributed by atoms with Crippen molar-refractivity contribution in [2.24, 2.45) is 5.73 Å². The number of primary amides is 1. The van der Waals surface area contributed by atoms with Crippen LogP contribution in [0.4, 0.5) is 0 Å². The zero-order valence-corrected chi connectivity index (χ0v) is 17.1. The van der Waals surface area contributed by atoms with Gasteiger partial charge in [-0.25, -0.2) is 0 Å². The number of amides is 1. The summed E-state index contributed by atoms with van der Waals surface area (Å²) in [7, 11) is 2.12. The summed E-state index contributed by atoms with van der Waals surface area (Å²) >= 11 is 0. The van der Waals surface area contributed by atoms with Gasteiger partial charge in [-0.1, -0.05) is 91.0 Å². The molecular weight excluding hydrogens is 356 g/mol. The fraction of sp³-hybridized carbons (Fsp3) is 0.269. The van der Waals surface area contributed by atoms with Gasteiger partial charge in [0.1, 0.15) is 0 Å². The molecule has 3 aromatic rings. The van der Waals surface area contributed by atoms with Gasteiger partial charge < -0.3 is 10.6 Å². The third-order valence-electron chi connectivity index (χ3n) is 5.67. The molecule has 0 saturated carbocycles. The van der Waals surface area contributed by atoms with E-state index in [0.29, 0.717) is 6.42 Å². The number of hydrogen-bond donors (Lipinski definition) is 1. The lowest BCUT2D eigenvalue weighted by Gasteiger charge is -2.33. The topological polar surface area (TPSA) is 46.3 Å². The van der Waals surface area contributed by atoms with Crippen LogP contribution in [0.2, 0.25) is 0 Å². The summed E-state index contributed by atoms with van der Waals surface area (Å²) in [5.74, 6) is -0.299. The zero-order valence-electron chi connectivity index (χ0n) is 17.1. The second-order valence-corrected chi connectivity index (χ2v) is 7.64. The maximum absolute atomic E-state index is 12.8. The normalized spacial score (nSPS) is 11.5. The molecule has 0 fully saturated rings. The van der Waals surface area contributed by atoms with Crippen molar-refractivity contribution in [1.82, 2.24) is 4.90 Å². The van der Waals surface area contributed by atoms with Crippen LogP contribution in [0.15, 0.2) is 91.0 Å². The molecule has 0 saturated heterocycles. The highest BCUT2D eigenvalue weighted by atomic mass is 16.1. The van der Waals surface area contributed by atoms with Crippen molar-refractivity contribution in [2.45, 2.75) is 24.7 Å². The lowest BCUT2D eigenvalue weighted by molar-refractivity contribution is -0.122.